The zero-order valence-corrected chi connectivity index (χ0v) is 57.4. The Morgan fingerprint density at radius 1 is 0.237 bits per heavy atom. The van der Waals surface area contributed by atoms with Crippen molar-refractivity contribution in [3.63, 3.8) is 0 Å². The summed E-state index contributed by atoms with van der Waals surface area (Å²) in [4.78, 5) is 27.5. The molecule has 10 aromatic rings. The molecule has 29 rings (SSSR count). The fourth-order valence-electron chi connectivity index (χ4n) is 29.1. The molecule has 4 heterocycles. The first-order valence-electron chi connectivity index (χ1n) is 38.7. The average Bonchev–Trinajstić information content (AvgIpc) is 1.58. The van der Waals surface area contributed by atoms with E-state index >= 15 is 0 Å². The van der Waals surface area contributed by atoms with E-state index in [9.17, 15) is 0 Å². The van der Waals surface area contributed by atoms with Crippen molar-refractivity contribution < 1.29 is 20.4 Å². The summed E-state index contributed by atoms with van der Waals surface area (Å²) in [6.45, 7) is 0. The molecule has 4 nitrogen and oxygen atoms in total. The average molecular weight is 1350 g/mol. The number of rotatable bonds is 4. The smallest absolute Gasteiger partial charge is 0.656 e. The second-order valence-electron chi connectivity index (χ2n) is 36.5. The SMILES string of the molecule is [Pd+2].c1ccc2cc3c(cc2c1)-c1nc-3c(C23CC4CC(CC(C4)C2)C3)c2[n-]c(c(C34CC5CC(CC(C5)C3)C4)c3nc(c(C45CC6CC(CC(C6)C4)C5)c4[n-]c(c1C15CC6CC(CC(C6)C1)C5)c1cc5ccccc5cc41)-c1cc4ccccc4cc1-3)c1cc3ccccc3cc21. The molecule has 16 fully saturated rings. The minimum atomic E-state index is -0.0628. The topological polar surface area (TPSA) is 54.0 Å². The summed E-state index contributed by atoms with van der Waals surface area (Å²) in [5.41, 5.74) is 21.2. The number of fused-ring (bicyclic) bond motifs is 4. The van der Waals surface area contributed by atoms with Crippen LogP contribution in [0.15, 0.2) is 146 Å². The van der Waals surface area contributed by atoms with Crippen LogP contribution in [0.25, 0.3) is 132 Å². The molecule has 97 heavy (non-hydrogen) atoms. The van der Waals surface area contributed by atoms with Gasteiger partial charge < -0.3 is 9.97 Å². The monoisotopic (exact) mass is 1350 g/mol. The van der Waals surface area contributed by atoms with Crippen LogP contribution in [0, 0.1) is 71.0 Å². The first kappa shape index (κ1) is 55.9. The molecule has 24 bridgehead atoms. The largest absolute Gasteiger partial charge is 2.00 e. The van der Waals surface area contributed by atoms with Gasteiger partial charge in [-0.1, -0.05) is 97.1 Å². The van der Waals surface area contributed by atoms with Crippen LogP contribution in [0.3, 0.4) is 0 Å². The van der Waals surface area contributed by atoms with E-state index in [0.29, 0.717) is 0 Å². The zero-order chi connectivity index (χ0) is 61.9. The first-order chi connectivity index (χ1) is 47.2. The Labute approximate surface area is 582 Å². The van der Waals surface area contributed by atoms with Gasteiger partial charge in [0.15, 0.2) is 0 Å². The molecule has 0 N–H and O–H groups in total. The maximum absolute atomic E-state index is 6.88. The van der Waals surface area contributed by atoms with Crippen LogP contribution in [-0.2, 0) is 42.1 Å². The molecule has 2 aliphatic heterocycles. The minimum Gasteiger partial charge on any atom is -0.656 e. The second-order valence-corrected chi connectivity index (χ2v) is 36.5. The summed E-state index contributed by atoms with van der Waals surface area (Å²) in [6.07, 6.45) is 31.5. The number of nitrogens with zero attached hydrogens (tertiary/aromatic N) is 4. The Morgan fingerprint density at radius 3 is 0.577 bits per heavy atom. The summed E-state index contributed by atoms with van der Waals surface area (Å²) in [5.74, 6) is 8.79. The number of aromatic nitrogens is 4. The van der Waals surface area contributed by atoms with Gasteiger partial charge >= 0.3 is 20.4 Å². The second kappa shape index (κ2) is 19.3. The molecule has 0 radical (unpaired) electrons. The van der Waals surface area contributed by atoms with Crippen molar-refractivity contribution in [1.82, 2.24) is 19.9 Å². The van der Waals surface area contributed by atoms with E-state index in [-0.39, 0.29) is 42.1 Å². The van der Waals surface area contributed by atoms with Crippen molar-refractivity contribution in [3.8, 4) is 45.0 Å². The predicted molar refractivity (Wildman–Crippen MR) is 392 cm³/mol. The van der Waals surface area contributed by atoms with Gasteiger partial charge in [0.25, 0.3) is 0 Å². The van der Waals surface area contributed by atoms with E-state index < -0.39 is 0 Å². The molecule has 0 amide bonds. The third-order valence-electron chi connectivity index (χ3n) is 30.6. The number of benzene rings is 8. The van der Waals surface area contributed by atoms with Crippen molar-refractivity contribution in [2.24, 2.45) is 71.0 Å². The van der Waals surface area contributed by atoms with Crippen LogP contribution < -0.4 is 9.97 Å². The van der Waals surface area contributed by atoms with E-state index in [2.05, 4.69) is 146 Å². The predicted octanol–water partition coefficient (Wildman–Crippen LogP) is 23.0. The Bertz CT molecular complexity index is 4740. The van der Waals surface area contributed by atoms with Crippen LogP contribution in [0.1, 0.15) is 176 Å². The van der Waals surface area contributed by atoms with Gasteiger partial charge in [0, 0.05) is 22.3 Å². The van der Waals surface area contributed by atoms with Crippen molar-refractivity contribution >= 4 is 86.7 Å². The van der Waals surface area contributed by atoms with Crippen molar-refractivity contribution in [2.45, 2.75) is 176 Å². The molecule has 2 aromatic heterocycles. The normalized spacial score (nSPS) is 34.7. The summed E-state index contributed by atoms with van der Waals surface area (Å²) in [7, 11) is 0. The Kier molecular flexibility index (Phi) is 11.1. The van der Waals surface area contributed by atoms with Crippen molar-refractivity contribution in [2.75, 3.05) is 0 Å². The minimum absolute atomic E-state index is 0. The molecule has 16 saturated carbocycles. The Balaban J connectivity index is 0.00000576. The van der Waals surface area contributed by atoms with Gasteiger partial charge in [-0.15, -0.1) is 22.1 Å². The van der Waals surface area contributed by atoms with E-state index in [1.54, 1.807) is 0 Å². The summed E-state index contributed by atoms with van der Waals surface area (Å²) < 4.78 is 0. The van der Waals surface area contributed by atoms with Gasteiger partial charge in [0.1, 0.15) is 0 Å². The van der Waals surface area contributed by atoms with Gasteiger partial charge in [0.2, 0.25) is 0 Å². The fourth-order valence-corrected chi connectivity index (χ4v) is 29.1. The molecular weight excluding hydrogens is 1270 g/mol. The molecule has 0 atom stereocenters. The summed E-state index contributed by atoms with van der Waals surface area (Å²) in [6, 6.07) is 58.7. The van der Waals surface area contributed by atoms with Crippen LogP contribution in [0.2, 0.25) is 0 Å². The van der Waals surface area contributed by atoms with Crippen LogP contribution in [-0.4, -0.2) is 9.97 Å². The van der Waals surface area contributed by atoms with Gasteiger partial charge in [0.05, 0.1) is 22.8 Å². The number of hydrogen-bond donors (Lipinski definition) is 0. The van der Waals surface area contributed by atoms with E-state index in [4.69, 9.17) is 19.9 Å². The summed E-state index contributed by atoms with van der Waals surface area (Å²) in [5, 5.41) is 16.0. The molecule has 8 aromatic carbocycles. The Morgan fingerprint density at radius 2 is 0.402 bits per heavy atom. The standard InChI is InChI=1S/C92H84N4.Pd/c1-2-10-62-30-70-69(29-61(62)9-1)81-77(89-37-49-17-50(38-89)19-51(18-49)39-89)83-71-31-63-11-3-4-12-64(63)32-72(71)85(94-83)79(91-43-55-23-56(44-91)25-57(24-55)45-91)87-75-35-67-15-7-8-16-68(67)36-76(75)88(96-87)80(92-46-58-26-59(47-92)28-60(27-58)48-92)86-74-34-66-14-6-5-13-65(66)33-73(74)84(95-86)78(82(70)93-81)90-40-52-20-53(41-90)22-54(21-52)42-90;/h1-16,29-36,49-60H,17-28,37-48H2;/q-2;+2. The fraction of sp³-hybridized carbons (Fsp3) is 0.435. The van der Waals surface area contributed by atoms with Gasteiger partial charge in [-0.05, 0) is 382 Å². The van der Waals surface area contributed by atoms with Crippen LogP contribution >= 0.6 is 0 Å². The maximum Gasteiger partial charge on any atom is 2.00 e. The van der Waals surface area contributed by atoms with Crippen LogP contribution in [0.5, 0.6) is 0 Å². The molecular formula is C92H84N4Pd. The molecule has 0 unspecified atom stereocenters. The zero-order valence-electron chi connectivity index (χ0n) is 55.9. The number of hydrogen-bond acceptors (Lipinski definition) is 2. The molecule has 0 spiro atoms. The van der Waals surface area contributed by atoms with Crippen LogP contribution in [0.4, 0.5) is 0 Å². The van der Waals surface area contributed by atoms with Gasteiger partial charge in [-0.2, -0.15) is 0 Å². The van der Waals surface area contributed by atoms with Crippen molar-refractivity contribution in [1.29, 1.82) is 0 Å². The first-order valence-corrected chi connectivity index (χ1v) is 38.7. The Hall–Kier alpha value is -6.90. The molecule has 5 heteroatoms. The van der Waals surface area contributed by atoms with Gasteiger partial charge in [-0.3, -0.25) is 0 Å². The third-order valence-corrected chi connectivity index (χ3v) is 30.6. The van der Waals surface area contributed by atoms with E-state index in [0.717, 1.165) is 71.0 Å². The molecule has 19 aliphatic rings. The molecule has 0 saturated heterocycles. The maximum atomic E-state index is 6.88. The molecule has 17 aliphatic carbocycles. The quantitative estimate of drug-likeness (QED) is 0.165. The van der Waals surface area contributed by atoms with Crippen molar-refractivity contribution in [3.05, 3.63) is 168 Å². The summed E-state index contributed by atoms with van der Waals surface area (Å²) >= 11 is 0. The van der Waals surface area contributed by atoms with Gasteiger partial charge in [-0.25, -0.2) is 9.97 Å². The third kappa shape index (κ3) is 7.66. The van der Waals surface area contributed by atoms with E-state index in [1.165, 1.54) is 308 Å². The van der Waals surface area contributed by atoms with E-state index in [1.807, 2.05) is 0 Å². The molecule has 482 valence electrons.